The lowest BCUT2D eigenvalue weighted by Crippen LogP contribution is -2.30. The topological polar surface area (TPSA) is 78.9 Å². The number of ether oxygens (including phenoxy) is 3. The van der Waals surface area contributed by atoms with Gasteiger partial charge in [0.2, 0.25) is 0 Å². The van der Waals surface area contributed by atoms with Crippen LogP contribution in [0.3, 0.4) is 0 Å². The number of hydrogen-bond donors (Lipinski definition) is 0. The number of carbonyl (C=O) groups excluding carboxylic acids is 3. The molecule has 6 nitrogen and oxygen atoms in total. The molecule has 264 valence electrons. The van der Waals surface area contributed by atoms with Crippen molar-refractivity contribution >= 4 is 17.9 Å². The normalized spacial score (nSPS) is 12.0. The van der Waals surface area contributed by atoms with Crippen LogP contribution in [0.5, 0.6) is 0 Å². The lowest BCUT2D eigenvalue weighted by molar-refractivity contribution is -0.167. The minimum atomic E-state index is -0.760. The van der Waals surface area contributed by atoms with Crippen LogP contribution in [0.1, 0.15) is 201 Å². The highest BCUT2D eigenvalue weighted by Gasteiger charge is 2.19. The van der Waals surface area contributed by atoms with Crippen LogP contribution >= 0.6 is 0 Å². The maximum atomic E-state index is 12.5. The Kier molecular flexibility index (Phi) is 33.6. The van der Waals surface area contributed by atoms with Crippen LogP contribution in [-0.4, -0.2) is 37.2 Å². The average molecular weight is 637 g/mol. The van der Waals surface area contributed by atoms with Crippen LogP contribution in [-0.2, 0) is 28.6 Å². The number of unbranched alkanes of at least 4 members (excludes halogenated alkanes) is 21. The molecule has 0 rings (SSSR count). The molecule has 0 heterocycles. The predicted octanol–water partition coefficient (Wildman–Crippen LogP) is 11.5. The number of hydrogen-bond acceptors (Lipinski definition) is 6. The molecular weight excluding hydrogens is 564 g/mol. The van der Waals surface area contributed by atoms with Crippen LogP contribution in [0.15, 0.2) is 12.2 Å². The maximum Gasteiger partial charge on any atom is 0.306 e. The number of allylic oxidation sites excluding steroid dienone is 2. The maximum absolute atomic E-state index is 12.5. The van der Waals surface area contributed by atoms with Gasteiger partial charge in [0.05, 0.1) is 0 Å². The van der Waals surface area contributed by atoms with Crippen molar-refractivity contribution in [3.8, 4) is 0 Å². The Morgan fingerprint density at radius 1 is 0.422 bits per heavy atom. The van der Waals surface area contributed by atoms with E-state index in [-0.39, 0.29) is 31.1 Å². The standard InChI is InChI=1S/C39H72O6/c1-4-7-10-13-16-17-18-19-20-21-24-26-29-32-38(41)44-35-36(45-39(42)33-30-27-23-15-12-9-6-3)34-43-37(40)31-28-25-22-14-11-8-5-2/h17-18,36H,4-16,19-35H2,1-3H3/b18-17-. The first-order valence-electron chi connectivity index (χ1n) is 19.2. The molecule has 1 unspecified atom stereocenters. The van der Waals surface area contributed by atoms with E-state index in [9.17, 15) is 14.4 Å². The van der Waals surface area contributed by atoms with Gasteiger partial charge >= 0.3 is 17.9 Å². The molecule has 0 spiro atoms. The van der Waals surface area contributed by atoms with E-state index in [4.69, 9.17) is 14.2 Å². The van der Waals surface area contributed by atoms with Crippen molar-refractivity contribution in [2.45, 2.75) is 207 Å². The first-order chi connectivity index (χ1) is 22.0. The van der Waals surface area contributed by atoms with Gasteiger partial charge in [0.25, 0.3) is 0 Å². The summed E-state index contributed by atoms with van der Waals surface area (Å²) in [4.78, 5) is 37.2. The zero-order chi connectivity index (χ0) is 33.1. The molecule has 0 radical (unpaired) electrons. The van der Waals surface area contributed by atoms with Crippen molar-refractivity contribution in [2.24, 2.45) is 0 Å². The van der Waals surface area contributed by atoms with Gasteiger partial charge in [0, 0.05) is 19.3 Å². The molecule has 0 aromatic rings. The fraction of sp³-hybridized carbons (Fsp3) is 0.872. The van der Waals surface area contributed by atoms with Gasteiger partial charge in [-0.25, -0.2) is 0 Å². The zero-order valence-corrected chi connectivity index (χ0v) is 29.9. The van der Waals surface area contributed by atoms with Crippen LogP contribution in [0.25, 0.3) is 0 Å². The Bertz CT molecular complexity index is 704. The second kappa shape index (κ2) is 35.0. The predicted molar refractivity (Wildman–Crippen MR) is 187 cm³/mol. The molecule has 0 aliphatic rings. The Morgan fingerprint density at radius 2 is 0.733 bits per heavy atom. The lowest BCUT2D eigenvalue weighted by Gasteiger charge is -2.18. The smallest absolute Gasteiger partial charge is 0.306 e. The van der Waals surface area contributed by atoms with Gasteiger partial charge in [0.1, 0.15) is 13.2 Å². The van der Waals surface area contributed by atoms with Gasteiger partial charge in [-0.15, -0.1) is 0 Å². The summed E-state index contributed by atoms with van der Waals surface area (Å²) in [6.45, 7) is 6.51. The molecule has 0 bridgehead atoms. The highest BCUT2D eigenvalue weighted by Crippen LogP contribution is 2.13. The summed E-state index contributed by atoms with van der Waals surface area (Å²) in [6, 6.07) is 0. The average Bonchev–Trinajstić information content (AvgIpc) is 3.03. The second-order valence-corrected chi connectivity index (χ2v) is 12.8. The summed E-state index contributed by atoms with van der Waals surface area (Å²) in [5.74, 6) is -0.895. The molecular formula is C39H72O6. The molecule has 0 aliphatic carbocycles. The van der Waals surface area contributed by atoms with Gasteiger partial charge in [-0.3, -0.25) is 14.4 Å². The van der Waals surface area contributed by atoms with E-state index in [1.54, 1.807) is 0 Å². The molecule has 0 amide bonds. The van der Waals surface area contributed by atoms with Crippen LogP contribution < -0.4 is 0 Å². The van der Waals surface area contributed by atoms with Gasteiger partial charge in [-0.05, 0) is 44.9 Å². The molecule has 0 aromatic carbocycles. The molecule has 45 heavy (non-hydrogen) atoms. The molecule has 0 N–H and O–H groups in total. The minimum Gasteiger partial charge on any atom is -0.462 e. The van der Waals surface area contributed by atoms with Gasteiger partial charge in [-0.1, -0.05) is 148 Å². The fourth-order valence-electron chi connectivity index (χ4n) is 5.32. The van der Waals surface area contributed by atoms with E-state index in [0.717, 1.165) is 64.2 Å². The highest BCUT2D eigenvalue weighted by molar-refractivity contribution is 5.71. The Morgan fingerprint density at radius 3 is 1.13 bits per heavy atom. The van der Waals surface area contributed by atoms with E-state index < -0.39 is 6.10 Å². The number of carbonyl (C=O) groups is 3. The highest BCUT2D eigenvalue weighted by atomic mass is 16.6. The van der Waals surface area contributed by atoms with Crippen LogP contribution in [0.2, 0.25) is 0 Å². The number of esters is 3. The summed E-state index contributed by atoms with van der Waals surface area (Å²) in [5, 5.41) is 0. The Hall–Kier alpha value is -1.85. The molecule has 6 heteroatoms. The first-order valence-corrected chi connectivity index (χ1v) is 19.2. The van der Waals surface area contributed by atoms with Crippen molar-refractivity contribution in [2.75, 3.05) is 13.2 Å². The molecule has 0 saturated carbocycles. The monoisotopic (exact) mass is 637 g/mol. The summed E-state index contributed by atoms with van der Waals surface area (Å²) in [6.07, 6.45) is 33.6. The molecule has 1 atom stereocenters. The third-order valence-electron chi connectivity index (χ3n) is 8.27. The number of rotatable bonds is 34. The molecule has 0 saturated heterocycles. The van der Waals surface area contributed by atoms with Gasteiger partial charge in [0.15, 0.2) is 6.10 Å². The van der Waals surface area contributed by atoms with Crippen LogP contribution in [0.4, 0.5) is 0 Å². The second-order valence-electron chi connectivity index (χ2n) is 12.8. The summed E-state index contributed by atoms with van der Waals surface area (Å²) in [7, 11) is 0. The van der Waals surface area contributed by atoms with E-state index >= 15 is 0 Å². The summed E-state index contributed by atoms with van der Waals surface area (Å²) < 4.78 is 16.5. The third kappa shape index (κ3) is 33.3. The van der Waals surface area contributed by atoms with E-state index in [1.165, 1.54) is 96.3 Å². The van der Waals surface area contributed by atoms with Gasteiger partial charge in [-0.2, -0.15) is 0 Å². The quantitative estimate of drug-likeness (QED) is 0.0303. The largest absolute Gasteiger partial charge is 0.462 e. The Balaban J connectivity index is 4.29. The summed E-state index contributed by atoms with van der Waals surface area (Å²) >= 11 is 0. The van der Waals surface area contributed by atoms with Crippen molar-refractivity contribution < 1.29 is 28.6 Å². The molecule has 0 fully saturated rings. The SMILES string of the molecule is CCCCCC/C=C\CCCCCCCC(=O)OCC(COC(=O)CCCCCCCCC)OC(=O)CCCCCCCCC. The van der Waals surface area contributed by atoms with E-state index in [2.05, 4.69) is 32.9 Å². The minimum absolute atomic E-state index is 0.0709. The lowest BCUT2D eigenvalue weighted by atomic mass is 10.1. The van der Waals surface area contributed by atoms with Gasteiger partial charge < -0.3 is 14.2 Å². The Labute approximate surface area is 278 Å². The molecule has 0 aromatic heterocycles. The van der Waals surface area contributed by atoms with Crippen molar-refractivity contribution in [3.05, 3.63) is 12.2 Å². The van der Waals surface area contributed by atoms with Crippen molar-refractivity contribution in [3.63, 3.8) is 0 Å². The van der Waals surface area contributed by atoms with Crippen molar-refractivity contribution in [1.82, 2.24) is 0 Å². The van der Waals surface area contributed by atoms with E-state index in [0.29, 0.717) is 19.3 Å². The van der Waals surface area contributed by atoms with Crippen LogP contribution in [0, 0.1) is 0 Å². The fourth-order valence-corrected chi connectivity index (χ4v) is 5.32. The van der Waals surface area contributed by atoms with E-state index in [1.807, 2.05) is 0 Å². The third-order valence-corrected chi connectivity index (χ3v) is 8.27. The first kappa shape index (κ1) is 43.1. The summed E-state index contributed by atoms with van der Waals surface area (Å²) in [5.41, 5.74) is 0. The molecule has 0 aliphatic heterocycles. The zero-order valence-electron chi connectivity index (χ0n) is 29.9. The van der Waals surface area contributed by atoms with Crippen molar-refractivity contribution in [1.29, 1.82) is 0 Å².